The first-order chi connectivity index (χ1) is 9.13. The van der Waals surface area contributed by atoms with Crippen molar-refractivity contribution in [1.82, 2.24) is 10.2 Å². The highest BCUT2D eigenvalue weighted by molar-refractivity contribution is 6.31. The van der Waals surface area contributed by atoms with Crippen LogP contribution in [0.25, 0.3) is 0 Å². The zero-order chi connectivity index (χ0) is 13.8. The molecule has 0 spiro atoms. The van der Waals surface area contributed by atoms with E-state index in [1.807, 2.05) is 12.1 Å². The van der Waals surface area contributed by atoms with E-state index in [9.17, 15) is 0 Å². The molecule has 1 aromatic carbocycles. The maximum absolute atomic E-state index is 6.31. The summed E-state index contributed by atoms with van der Waals surface area (Å²) in [4.78, 5) is 2.49. The van der Waals surface area contributed by atoms with Crippen LogP contribution in [0, 0.1) is 0 Å². The van der Waals surface area contributed by atoms with Gasteiger partial charge in [-0.2, -0.15) is 0 Å². The van der Waals surface area contributed by atoms with Crippen molar-refractivity contribution in [3.05, 3.63) is 34.9 Å². The Morgan fingerprint density at radius 2 is 1.84 bits per heavy atom. The molecule has 1 saturated carbocycles. The van der Waals surface area contributed by atoms with E-state index in [1.54, 1.807) is 0 Å². The van der Waals surface area contributed by atoms with Gasteiger partial charge < -0.3 is 5.32 Å². The summed E-state index contributed by atoms with van der Waals surface area (Å²) in [6.45, 7) is 2.26. The van der Waals surface area contributed by atoms with Gasteiger partial charge in [0.2, 0.25) is 0 Å². The van der Waals surface area contributed by atoms with Crippen LogP contribution >= 0.6 is 11.6 Å². The summed E-state index contributed by atoms with van der Waals surface area (Å²) in [5.41, 5.74) is 1.24. The van der Waals surface area contributed by atoms with Crippen LogP contribution in [0.3, 0.4) is 0 Å². The Bertz CT molecular complexity index is 399. The molecular formula is C16H25ClN2. The first-order valence-corrected chi connectivity index (χ1v) is 7.65. The fraction of sp³-hybridized carbons (Fsp3) is 0.625. The Morgan fingerprint density at radius 3 is 2.42 bits per heavy atom. The van der Waals surface area contributed by atoms with Gasteiger partial charge in [-0.05, 0) is 58.3 Å². The molecular weight excluding hydrogens is 256 g/mol. The van der Waals surface area contributed by atoms with Gasteiger partial charge in [0.25, 0.3) is 0 Å². The third-order valence-corrected chi connectivity index (χ3v) is 4.99. The molecule has 1 N–H and O–H groups in total. The normalized spacial score (nSPS) is 25.5. The lowest BCUT2D eigenvalue weighted by Gasteiger charge is -2.38. The molecule has 0 heterocycles. The Labute approximate surface area is 122 Å². The highest BCUT2D eigenvalue weighted by Crippen LogP contribution is 2.31. The van der Waals surface area contributed by atoms with Crippen molar-refractivity contribution in [2.45, 2.75) is 50.7 Å². The van der Waals surface area contributed by atoms with E-state index in [1.165, 1.54) is 31.2 Å². The van der Waals surface area contributed by atoms with Crippen LogP contribution in [0.2, 0.25) is 5.02 Å². The highest BCUT2D eigenvalue weighted by Gasteiger charge is 2.26. The van der Waals surface area contributed by atoms with Gasteiger partial charge in [-0.1, -0.05) is 29.8 Å². The van der Waals surface area contributed by atoms with Crippen molar-refractivity contribution in [2.75, 3.05) is 14.1 Å². The van der Waals surface area contributed by atoms with E-state index >= 15 is 0 Å². The Kier molecular flexibility index (Phi) is 5.26. The van der Waals surface area contributed by atoms with E-state index in [2.05, 4.69) is 43.4 Å². The van der Waals surface area contributed by atoms with E-state index in [0.717, 1.165) is 5.02 Å². The topological polar surface area (TPSA) is 15.3 Å². The molecule has 1 aliphatic rings. The molecule has 0 amide bonds. The average Bonchev–Trinajstić information content (AvgIpc) is 2.46. The quantitative estimate of drug-likeness (QED) is 0.901. The fourth-order valence-corrected chi connectivity index (χ4v) is 3.41. The summed E-state index contributed by atoms with van der Waals surface area (Å²) in [5, 5.41) is 4.27. The molecule has 1 fully saturated rings. The number of hydrogen-bond acceptors (Lipinski definition) is 2. The summed E-state index contributed by atoms with van der Waals surface area (Å²) in [7, 11) is 4.30. The van der Waals surface area contributed by atoms with Gasteiger partial charge in [0.05, 0.1) is 0 Å². The number of benzene rings is 1. The summed E-state index contributed by atoms with van der Waals surface area (Å²) in [6.07, 6.45) is 5.11. The molecule has 2 rings (SSSR count). The van der Waals surface area contributed by atoms with Gasteiger partial charge >= 0.3 is 0 Å². The zero-order valence-electron chi connectivity index (χ0n) is 12.2. The second kappa shape index (κ2) is 6.74. The fourth-order valence-electron chi connectivity index (χ4n) is 3.12. The van der Waals surface area contributed by atoms with Crippen molar-refractivity contribution in [3.63, 3.8) is 0 Å². The Morgan fingerprint density at radius 1 is 1.21 bits per heavy atom. The smallest absolute Gasteiger partial charge is 0.0453 e. The minimum absolute atomic E-state index is 0.379. The first kappa shape index (κ1) is 14.8. The molecule has 0 saturated heterocycles. The molecule has 1 atom stereocenters. The van der Waals surface area contributed by atoms with Gasteiger partial charge in [-0.3, -0.25) is 4.90 Å². The molecule has 1 unspecified atom stereocenters. The maximum Gasteiger partial charge on any atom is 0.0453 e. The molecule has 0 radical (unpaired) electrons. The van der Waals surface area contributed by atoms with E-state index in [4.69, 9.17) is 11.6 Å². The Balaban J connectivity index is 2.00. The summed E-state index contributed by atoms with van der Waals surface area (Å²) in [6, 6.07) is 9.96. The van der Waals surface area contributed by atoms with Gasteiger partial charge in [0, 0.05) is 23.1 Å². The van der Waals surface area contributed by atoms with E-state index in [0.29, 0.717) is 18.1 Å². The molecule has 2 nitrogen and oxygen atoms in total. The van der Waals surface area contributed by atoms with E-state index < -0.39 is 0 Å². The van der Waals surface area contributed by atoms with Crippen LogP contribution in [0.4, 0.5) is 0 Å². The predicted molar refractivity (Wildman–Crippen MR) is 82.7 cm³/mol. The second-order valence-corrected chi connectivity index (χ2v) is 6.06. The standard InChI is InChI=1S/C16H25ClN2/c1-12(15-6-4-5-7-16(15)17)19(3)14-10-8-13(18-2)9-11-14/h4-7,12-14,18H,8-11H2,1-3H3. The SMILES string of the molecule is CNC1CCC(N(C)C(C)c2ccccc2Cl)CC1. The second-order valence-electron chi connectivity index (χ2n) is 5.66. The molecule has 1 aliphatic carbocycles. The van der Waals surface area contributed by atoms with Gasteiger partial charge in [0.15, 0.2) is 0 Å². The van der Waals surface area contributed by atoms with Crippen LogP contribution in [0.1, 0.15) is 44.2 Å². The minimum atomic E-state index is 0.379. The summed E-state index contributed by atoms with van der Waals surface area (Å²) >= 11 is 6.31. The lowest BCUT2D eigenvalue weighted by atomic mass is 9.89. The number of nitrogens with one attached hydrogen (secondary N) is 1. The molecule has 1 aromatic rings. The van der Waals surface area contributed by atoms with Crippen molar-refractivity contribution < 1.29 is 0 Å². The largest absolute Gasteiger partial charge is 0.317 e. The number of nitrogens with zero attached hydrogens (tertiary/aromatic N) is 1. The summed E-state index contributed by atoms with van der Waals surface area (Å²) in [5.74, 6) is 0. The van der Waals surface area contributed by atoms with E-state index in [-0.39, 0.29) is 0 Å². The van der Waals surface area contributed by atoms with Crippen LogP contribution in [-0.4, -0.2) is 31.1 Å². The van der Waals surface area contributed by atoms with Crippen molar-refractivity contribution in [3.8, 4) is 0 Å². The lowest BCUT2D eigenvalue weighted by molar-refractivity contribution is 0.136. The van der Waals surface area contributed by atoms with Crippen LogP contribution in [-0.2, 0) is 0 Å². The van der Waals surface area contributed by atoms with Crippen LogP contribution in [0.15, 0.2) is 24.3 Å². The van der Waals surface area contributed by atoms with Crippen molar-refractivity contribution in [1.29, 1.82) is 0 Å². The minimum Gasteiger partial charge on any atom is -0.317 e. The number of halogens is 1. The molecule has 0 bridgehead atoms. The first-order valence-electron chi connectivity index (χ1n) is 7.27. The lowest BCUT2D eigenvalue weighted by Crippen LogP contribution is -2.40. The Hall–Kier alpha value is -0.570. The van der Waals surface area contributed by atoms with Crippen LogP contribution in [0.5, 0.6) is 0 Å². The third kappa shape index (κ3) is 3.50. The number of hydrogen-bond donors (Lipinski definition) is 1. The molecule has 19 heavy (non-hydrogen) atoms. The molecule has 3 heteroatoms. The maximum atomic E-state index is 6.31. The summed E-state index contributed by atoms with van der Waals surface area (Å²) < 4.78 is 0. The predicted octanol–water partition coefficient (Wildman–Crippen LogP) is 3.86. The highest BCUT2D eigenvalue weighted by atomic mass is 35.5. The number of rotatable bonds is 4. The zero-order valence-corrected chi connectivity index (χ0v) is 13.0. The van der Waals surface area contributed by atoms with Gasteiger partial charge in [0.1, 0.15) is 0 Å². The van der Waals surface area contributed by atoms with Gasteiger partial charge in [-0.25, -0.2) is 0 Å². The molecule has 0 aliphatic heterocycles. The third-order valence-electron chi connectivity index (χ3n) is 4.65. The van der Waals surface area contributed by atoms with Crippen molar-refractivity contribution in [2.24, 2.45) is 0 Å². The molecule has 0 aromatic heterocycles. The van der Waals surface area contributed by atoms with Crippen LogP contribution < -0.4 is 5.32 Å². The van der Waals surface area contributed by atoms with Crippen molar-refractivity contribution >= 4 is 11.6 Å². The monoisotopic (exact) mass is 280 g/mol. The average molecular weight is 281 g/mol. The van der Waals surface area contributed by atoms with Gasteiger partial charge in [-0.15, -0.1) is 0 Å². The molecule has 106 valence electrons.